The third kappa shape index (κ3) is 2.95. The molecule has 0 spiro atoms. The first-order valence-electron chi connectivity index (χ1n) is 8.27. The highest BCUT2D eigenvalue weighted by Gasteiger charge is 2.42. The number of aromatic nitrogens is 2. The van der Waals surface area contributed by atoms with E-state index < -0.39 is 28.9 Å². The summed E-state index contributed by atoms with van der Waals surface area (Å²) in [5.74, 6) is -2.14. The second-order valence-corrected chi connectivity index (χ2v) is 8.03. The van der Waals surface area contributed by atoms with Gasteiger partial charge in [0.2, 0.25) is 0 Å². The number of rotatable bonds is 3. The Kier molecular flexibility index (Phi) is 4.40. The van der Waals surface area contributed by atoms with Gasteiger partial charge in [0, 0.05) is 16.8 Å². The van der Waals surface area contributed by atoms with Gasteiger partial charge in [-0.2, -0.15) is 0 Å². The number of fused-ring (bicyclic) bond motifs is 1. The third-order valence-corrected chi connectivity index (χ3v) is 6.24. The molecule has 0 aliphatic heterocycles. The van der Waals surface area contributed by atoms with Crippen LogP contribution in [0.3, 0.4) is 0 Å². The van der Waals surface area contributed by atoms with Gasteiger partial charge in [0.05, 0.1) is 11.5 Å². The lowest BCUT2D eigenvalue weighted by molar-refractivity contribution is -0.145. The Labute approximate surface area is 148 Å². The third-order valence-electron chi connectivity index (χ3n) is 5.17. The second-order valence-electron chi connectivity index (χ2n) is 6.85. The molecule has 2 unspecified atom stereocenters. The molecule has 2 aromatic heterocycles. The number of carbonyl (C=O) groups is 2. The Hall–Kier alpha value is -2.22. The first-order chi connectivity index (χ1) is 11.7. The predicted octanol–water partition coefficient (Wildman–Crippen LogP) is 2.14. The van der Waals surface area contributed by atoms with Crippen LogP contribution in [0.2, 0.25) is 0 Å². The van der Waals surface area contributed by atoms with E-state index in [4.69, 9.17) is 0 Å². The Morgan fingerprint density at radius 2 is 2.12 bits per heavy atom. The van der Waals surface area contributed by atoms with Crippen molar-refractivity contribution in [2.24, 2.45) is 5.92 Å². The molecule has 2 N–H and O–H groups in total. The van der Waals surface area contributed by atoms with Crippen LogP contribution in [0.15, 0.2) is 11.0 Å². The van der Waals surface area contributed by atoms with E-state index in [2.05, 4.69) is 10.3 Å². The van der Waals surface area contributed by atoms with Crippen LogP contribution in [0.5, 0.6) is 0 Å². The first kappa shape index (κ1) is 17.6. The van der Waals surface area contributed by atoms with Gasteiger partial charge in [0.15, 0.2) is 4.96 Å². The lowest BCUT2D eigenvalue weighted by atomic mass is 9.74. The number of carbonyl (C=O) groups excluding carboxylic acids is 1. The minimum atomic E-state index is -0.919. The lowest BCUT2D eigenvalue weighted by Crippen LogP contribution is -2.56. The molecule has 1 fully saturated rings. The predicted molar refractivity (Wildman–Crippen MR) is 94.3 cm³/mol. The van der Waals surface area contributed by atoms with E-state index in [-0.39, 0.29) is 5.56 Å². The Bertz CT molecular complexity index is 916. The average molecular weight is 363 g/mol. The number of carboxylic acids is 1. The van der Waals surface area contributed by atoms with Crippen molar-refractivity contribution >= 4 is 28.2 Å². The number of aliphatic carboxylic acids is 1. The Morgan fingerprint density at radius 1 is 1.40 bits per heavy atom. The maximum Gasteiger partial charge on any atom is 0.308 e. The van der Waals surface area contributed by atoms with Crippen molar-refractivity contribution < 1.29 is 14.7 Å². The van der Waals surface area contributed by atoms with Crippen LogP contribution in [0.1, 0.15) is 53.5 Å². The van der Waals surface area contributed by atoms with Crippen LogP contribution >= 0.6 is 11.3 Å². The summed E-state index contributed by atoms with van der Waals surface area (Å²) in [5, 5.41) is 12.3. The molecule has 0 radical (unpaired) electrons. The van der Waals surface area contributed by atoms with Gasteiger partial charge in [0.1, 0.15) is 5.56 Å². The van der Waals surface area contributed by atoms with Gasteiger partial charge >= 0.3 is 5.97 Å². The lowest BCUT2D eigenvalue weighted by Gasteiger charge is -2.39. The van der Waals surface area contributed by atoms with Crippen LogP contribution < -0.4 is 10.9 Å². The molecule has 2 aromatic rings. The molecule has 3 rings (SSSR count). The summed E-state index contributed by atoms with van der Waals surface area (Å²) in [7, 11) is 0. The normalized spacial score (nSPS) is 23.6. The fraction of sp³-hybridized carbons (Fsp3) is 0.529. The van der Waals surface area contributed by atoms with Crippen molar-refractivity contribution in [2.45, 2.75) is 52.0 Å². The van der Waals surface area contributed by atoms with E-state index >= 15 is 0 Å². The zero-order chi connectivity index (χ0) is 18.4. The minimum Gasteiger partial charge on any atom is -0.481 e. The van der Waals surface area contributed by atoms with E-state index in [9.17, 15) is 19.5 Å². The number of hydrogen-bond donors (Lipinski definition) is 2. The molecule has 1 amide bonds. The van der Waals surface area contributed by atoms with Crippen LogP contribution in [-0.4, -0.2) is 31.9 Å². The van der Waals surface area contributed by atoms with Crippen molar-refractivity contribution in [1.82, 2.24) is 14.7 Å². The number of nitrogens with one attached hydrogen (secondary N) is 1. The number of nitrogens with zero attached hydrogens (tertiary/aromatic N) is 2. The van der Waals surface area contributed by atoms with E-state index in [1.54, 1.807) is 6.92 Å². The van der Waals surface area contributed by atoms with Gasteiger partial charge in [-0.3, -0.25) is 18.8 Å². The molecule has 0 bridgehead atoms. The van der Waals surface area contributed by atoms with E-state index in [1.165, 1.54) is 21.9 Å². The van der Waals surface area contributed by atoms with E-state index in [0.717, 1.165) is 23.4 Å². The molecule has 0 saturated heterocycles. The van der Waals surface area contributed by atoms with Gasteiger partial charge in [-0.15, -0.1) is 11.3 Å². The summed E-state index contributed by atoms with van der Waals surface area (Å²) in [6, 6.07) is 0. The number of amides is 1. The summed E-state index contributed by atoms with van der Waals surface area (Å²) >= 11 is 1.39. The fourth-order valence-electron chi connectivity index (χ4n) is 3.54. The first-order valence-corrected chi connectivity index (χ1v) is 9.09. The summed E-state index contributed by atoms with van der Waals surface area (Å²) in [5.41, 5.74) is -0.586. The van der Waals surface area contributed by atoms with Gasteiger partial charge < -0.3 is 10.4 Å². The Balaban J connectivity index is 1.97. The summed E-state index contributed by atoms with van der Waals surface area (Å²) < 4.78 is 1.44. The molecule has 25 heavy (non-hydrogen) atoms. The fourth-order valence-corrected chi connectivity index (χ4v) is 4.47. The zero-order valence-electron chi connectivity index (χ0n) is 14.5. The van der Waals surface area contributed by atoms with Crippen LogP contribution in [-0.2, 0) is 4.79 Å². The maximum atomic E-state index is 12.7. The van der Waals surface area contributed by atoms with Crippen molar-refractivity contribution in [1.29, 1.82) is 0 Å². The summed E-state index contributed by atoms with van der Waals surface area (Å²) in [6.07, 6.45) is 4.05. The number of aryl methyl sites for hydroxylation is 2. The number of carboxylic acid groups (broad SMARTS) is 1. The number of hydrogen-bond acceptors (Lipinski definition) is 5. The monoisotopic (exact) mass is 363 g/mol. The van der Waals surface area contributed by atoms with Gasteiger partial charge in [-0.05, 0) is 33.6 Å². The average Bonchev–Trinajstić information content (AvgIpc) is 2.82. The van der Waals surface area contributed by atoms with Crippen molar-refractivity contribution in [3.05, 3.63) is 32.7 Å². The molecule has 8 heteroatoms. The molecule has 0 aromatic carbocycles. The standard InChI is InChI=1S/C17H21N3O4S/c1-9-10(2)25-16-18-8-11(14(22)20(9)16)13(21)19-17(3)7-5-4-6-12(17)15(23)24/h8,12H,4-7H2,1-3H3,(H,19,21)(H,23,24). The van der Waals surface area contributed by atoms with Crippen molar-refractivity contribution in [3.63, 3.8) is 0 Å². The van der Waals surface area contributed by atoms with Gasteiger partial charge in [-0.1, -0.05) is 12.8 Å². The quantitative estimate of drug-likeness (QED) is 0.870. The van der Waals surface area contributed by atoms with Crippen molar-refractivity contribution in [3.8, 4) is 0 Å². The largest absolute Gasteiger partial charge is 0.481 e. The molecule has 1 aliphatic rings. The summed E-state index contributed by atoms with van der Waals surface area (Å²) in [6.45, 7) is 5.45. The van der Waals surface area contributed by atoms with E-state index in [1.807, 2.05) is 13.8 Å². The zero-order valence-corrected chi connectivity index (χ0v) is 15.3. The molecule has 2 atom stereocenters. The highest BCUT2D eigenvalue weighted by molar-refractivity contribution is 7.17. The highest BCUT2D eigenvalue weighted by atomic mass is 32.1. The molecular weight excluding hydrogens is 342 g/mol. The topological polar surface area (TPSA) is 101 Å². The molecule has 1 saturated carbocycles. The molecule has 134 valence electrons. The highest BCUT2D eigenvalue weighted by Crippen LogP contribution is 2.34. The molecule has 1 aliphatic carbocycles. The maximum absolute atomic E-state index is 12.7. The molecular formula is C17H21N3O4S. The van der Waals surface area contributed by atoms with Gasteiger partial charge in [-0.25, -0.2) is 4.98 Å². The number of thiazole rings is 1. The van der Waals surface area contributed by atoms with E-state index in [0.29, 0.717) is 17.8 Å². The Morgan fingerprint density at radius 3 is 2.80 bits per heavy atom. The minimum absolute atomic E-state index is 0.0608. The summed E-state index contributed by atoms with van der Waals surface area (Å²) in [4.78, 5) is 42.7. The van der Waals surface area contributed by atoms with Crippen molar-refractivity contribution in [2.75, 3.05) is 0 Å². The second kappa shape index (κ2) is 6.25. The van der Waals surface area contributed by atoms with Crippen LogP contribution in [0, 0.1) is 19.8 Å². The van der Waals surface area contributed by atoms with Crippen LogP contribution in [0.25, 0.3) is 4.96 Å². The smallest absolute Gasteiger partial charge is 0.308 e. The van der Waals surface area contributed by atoms with Crippen LogP contribution in [0.4, 0.5) is 0 Å². The van der Waals surface area contributed by atoms with Gasteiger partial charge in [0.25, 0.3) is 11.5 Å². The SMILES string of the molecule is Cc1sc2ncc(C(=O)NC3(C)CCCCC3C(=O)O)c(=O)n2c1C. The molecule has 2 heterocycles. The molecule has 7 nitrogen and oxygen atoms in total.